The summed E-state index contributed by atoms with van der Waals surface area (Å²) in [5.74, 6) is -0.325. The van der Waals surface area contributed by atoms with E-state index in [0.29, 0.717) is 29.3 Å². The summed E-state index contributed by atoms with van der Waals surface area (Å²) in [6.45, 7) is 7.60. The van der Waals surface area contributed by atoms with Crippen molar-refractivity contribution in [1.29, 1.82) is 0 Å². The maximum absolute atomic E-state index is 12.5. The SMILES string of the molecule is Cc1ccc(Cn2nc(C)c(C(=O)OCC(=O)N[C@H](C)c3ccco3)c2C)cc1. The maximum Gasteiger partial charge on any atom is 0.342 e. The molecule has 0 fully saturated rings. The van der Waals surface area contributed by atoms with Gasteiger partial charge in [0.05, 0.1) is 30.2 Å². The molecule has 152 valence electrons. The standard InChI is InChI=1S/C22H25N3O4/c1-14-7-9-18(10-8-14)12-25-17(4)21(16(3)24-25)22(27)29-13-20(26)23-15(2)19-6-5-11-28-19/h5-11,15H,12-13H2,1-4H3,(H,23,26)/t15-/m1/s1. The number of nitrogens with one attached hydrogen (secondary N) is 1. The van der Waals surface area contributed by atoms with Gasteiger partial charge in [-0.3, -0.25) is 9.48 Å². The smallest absolute Gasteiger partial charge is 0.342 e. The number of hydrogen-bond donors (Lipinski definition) is 1. The molecule has 1 aromatic carbocycles. The van der Waals surface area contributed by atoms with Gasteiger partial charge in [-0.1, -0.05) is 29.8 Å². The molecule has 7 nitrogen and oxygen atoms in total. The number of carbonyl (C=O) groups excluding carboxylic acids is 2. The lowest BCUT2D eigenvalue weighted by Gasteiger charge is -2.11. The minimum Gasteiger partial charge on any atom is -0.467 e. The van der Waals surface area contributed by atoms with E-state index in [-0.39, 0.29) is 12.6 Å². The van der Waals surface area contributed by atoms with Crippen molar-refractivity contribution in [2.75, 3.05) is 6.61 Å². The van der Waals surface area contributed by atoms with Crippen LogP contribution in [0.3, 0.4) is 0 Å². The monoisotopic (exact) mass is 395 g/mol. The highest BCUT2D eigenvalue weighted by atomic mass is 16.5. The highest BCUT2D eigenvalue weighted by Gasteiger charge is 2.21. The molecule has 0 radical (unpaired) electrons. The summed E-state index contributed by atoms with van der Waals surface area (Å²) < 4.78 is 12.2. The first-order chi connectivity index (χ1) is 13.8. The molecule has 0 aliphatic heterocycles. The lowest BCUT2D eigenvalue weighted by atomic mass is 10.1. The molecule has 1 amide bonds. The van der Waals surface area contributed by atoms with Crippen LogP contribution < -0.4 is 5.32 Å². The molecule has 0 aliphatic rings. The molecule has 1 atom stereocenters. The van der Waals surface area contributed by atoms with E-state index in [2.05, 4.69) is 10.4 Å². The van der Waals surface area contributed by atoms with E-state index in [0.717, 1.165) is 5.56 Å². The van der Waals surface area contributed by atoms with Crippen molar-refractivity contribution in [2.45, 2.75) is 40.3 Å². The van der Waals surface area contributed by atoms with Gasteiger partial charge in [-0.15, -0.1) is 0 Å². The second-order valence-corrected chi connectivity index (χ2v) is 7.07. The van der Waals surface area contributed by atoms with E-state index in [4.69, 9.17) is 9.15 Å². The number of nitrogens with zero attached hydrogens (tertiary/aromatic N) is 2. The summed E-state index contributed by atoms with van der Waals surface area (Å²) in [7, 11) is 0. The normalized spacial score (nSPS) is 11.9. The van der Waals surface area contributed by atoms with Crippen LogP contribution in [0.4, 0.5) is 0 Å². The van der Waals surface area contributed by atoms with Gasteiger partial charge < -0.3 is 14.5 Å². The Hall–Kier alpha value is -3.35. The van der Waals surface area contributed by atoms with Crippen LogP contribution in [0, 0.1) is 20.8 Å². The Bertz CT molecular complexity index is 988. The number of amides is 1. The van der Waals surface area contributed by atoms with Crippen LogP contribution in [-0.4, -0.2) is 28.3 Å². The molecule has 3 aromatic rings. The first kappa shape index (κ1) is 20.4. The summed E-state index contributed by atoms with van der Waals surface area (Å²) in [6, 6.07) is 11.4. The summed E-state index contributed by atoms with van der Waals surface area (Å²) in [4.78, 5) is 24.6. The van der Waals surface area contributed by atoms with Crippen LogP contribution in [0.5, 0.6) is 0 Å². The number of rotatable bonds is 7. The molecule has 0 saturated carbocycles. The van der Waals surface area contributed by atoms with Crippen molar-refractivity contribution in [3.05, 3.63) is 76.5 Å². The van der Waals surface area contributed by atoms with E-state index in [1.54, 1.807) is 30.7 Å². The van der Waals surface area contributed by atoms with Crippen molar-refractivity contribution in [3.8, 4) is 0 Å². The fourth-order valence-electron chi connectivity index (χ4n) is 3.11. The Labute approximate surface area is 169 Å². The second-order valence-electron chi connectivity index (χ2n) is 7.07. The van der Waals surface area contributed by atoms with E-state index >= 15 is 0 Å². The van der Waals surface area contributed by atoms with E-state index in [1.807, 2.05) is 38.1 Å². The zero-order valence-corrected chi connectivity index (χ0v) is 17.1. The van der Waals surface area contributed by atoms with Gasteiger partial charge >= 0.3 is 5.97 Å². The minimum atomic E-state index is -0.559. The van der Waals surface area contributed by atoms with Crippen molar-refractivity contribution in [3.63, 3.8) is 0 Å². The molecule has 0 bridgehead atoms. The zero-order valence-electron chi connectivity index (χ0n) is 17.1. The van der Waals surface area contributed by atoms with Crippen molar-refractivity contribution in [1.82, 2.24) is 15.1 Å². The summed E-state index contributed by atoms with van der Waals surface area (Å²) in [6.07, 6.45) is 1.54. The summed E-state index contributed by atoms with van der Waals surface area (Å²) in [5, 5.41) is 7.19. The van der Waals surface area contributed by atoms with Crippen molar-refractivity contribution < 1.29 is 18.7 Å². The minimum absolute atomic E-state index is 0.308. The molecule has 2 heterocycles. The molecule has 0 saturated heterocycles. The van der Waals surface area contributed by atoms with Gasteiger partial charge in [-0.2, -0.15) is 5.10 Å². The van der Waals surface area contributed by atoms with Gasteiger partial charge in [0.1, 0.15) is 11.3 Å². The number of ether oxygens (including phenoxy) is 1. The maximum atomic E-state index is 12.5. The van der Waals surface area contributed by atoms with Gasteiger partial charge in [0, 0.05) is 0 Å². The molecule has 3 rings (SSSR count). The predicted octanol–water partition coefficient (Wildman–Crippen LogP) is 3.48. The lowest BCUT2D eigenvalue weighted by molar-refractivity contribution is -0.125. The molecular weight excluding hydrogens is 370 g/mol. The van der Waals surface area contributed by atoms with Crippen LogP contribution in [0.25, 0.3) is 0 Å². The highest BCUT2D eigenvalue weighted by Crippen LogP contribution is 2.17. The zero-order chi connectivity index (χ0) is 21.0. The van der Waals surface area contributed by atoms with Gasteiger partial charge in [-0.25, -0.2) is 4.79 Å². The van der Waals surface area contributed by atoms with Crippen molar-refractivity contribution in [2.24, 2.45) is 0 Å². The third kappa shape index (κ3) is 4.93. The van der Waals surface area contributed by atoms with Gasteiger partial charge in [0.25, 0.3) is 5.91 Å². The number of aryl methyl sites for hydroxylation is 2. The van der Waals surface area contributed by atoms with Crippen LogP contribution in [-0.2, 0) is 16.1 Å². The van der Waals surface area contributed by atoms with Crippen LogP contribution in [0.1, 0.15) is 51.6 Å². The van der Waals surface area contributed by atoms with Crippen LogP contribution in [0.2, 0.25) is 0 Å². The van der Waals surface area contributed by atoms with Crippen LogP contribution in [0.15, 0.2) is 47.1 Å². The molecule has 0 aliphatic carbocycles. The van der Waals surface area contributed by atoms with Gasteiger partial charge in [-0.05, 0) is 45.4 Å². The number of aromatic nitrogens is 2. The van der Waals surface area contributed by atoms with E-state index in [9.17, 15) is 9.59 Å². The second kappa shape index (κ2) is 8.77. The number of benzene rings is 1. The average Bonchev–Trinajstić information content (AvgIpc) is 3.31. The number of hydrogen-bond acceptors (Lipinski definition) is 5. The van der Waals surface area contributed by atoms with Gasteiger partial charge in [0.2, 0.25) is 0 Å². The summed E-state index contributed by atoms with van der Waals surface area (Å²) in [5.41, 5.74) is 3.95. The topological polar surface area (TPSA) is 86.4 Å². The molecule has 2 aromatic heterocycles. The number of esters is 1. The average molecular weight is 395 g/mol. The molecule has 29 heavy (non-hydrogen) atoms. The van der Waals surface area contributed by atoms with Gasteiger partial charge in [0.15, 0.2) is 6.61 Å². The number of carbonyl (C=O) groups is 2. The quantitative estimate of drug-likeness (QED) is 0.619. The summed E-state index contributed by atoms with van der Waals surface area (Å²) >= 11 is 0. The number of furan rings is 1. The predicted molar refractivity (Wildman–Crippen MR) is 108 cm³/mol. The largest absolute Gasteiger partial charge is 0.467 e. The van der Waals surface area contributed by atoms with Crippen LogP contribution >= 0.6 is 0 Å². The third-order valence-electron chi connectivity index (χ3n) is 4.72. The Morgan fingerprint density at radius 3 is 2.55 bits per heavy atom. The Kier molecular flexibility index (Phi) is 6.16. The molecular formula is C22H25N3O4. The first-order valence-corrected chi connectivity index (χ1v) is 9.44. The fourth-order valence-corrected chi connectivity index (χ4v) is 3.11. The lowest BCUT2D eigenvalue weighted by Crippen LogP contribution is -2.31. The van der Waals surface area contributed by atoms with E-state index in [1.165, 1.54) is 11.8 Å². The molecule has 0 unspecified atom stereocenters. The molecule has 7 heteroatoms. The van der Waals surface area contributed by atoms with Crippen molar-refractivity contribution >= 4 is 11.9 Å². The Balaban J connectivity index is 1.61. The van der Waals surface area contributed by atoms with E-state index < -0.39 is 11.9 Å². The Morgan fingerprint density at radius 1 is 1.17 bits per heavy atom. The third-order valence-corrected chi connectivity index (χ3v) is 4.72. The molecule has 0 spiro atoms. The fraction of sp³-hybridized carbons (Fsp3) is 0.318. The Morgan fingerprint density at radius 2 is 1.90 bits per heavy atom. The first-order valence-electron chi connectivity index (χ1n) is 9.44. The molecule has 1 N–H and O–H groups in total. The highest BCUT2D eigenvalue weighted by molar-refractivity contribution is 5.93.